The van der Waals surface area contributed by atoms with Crippen molar-refractivity contribution in [1.82, 2.24) is 9.78 Å². The Morgan fingerprint density at radius 1 is 1.35 bits per heavy atom. The van der Waals surface area contributed by atoms with Gasteiger partial charge in [0.2, 0.25) is 0 Å². The van der Waals surface area contributed by atoms with Crippen LogP contribution in [0.1, 0.15) is 30.0 Å². The highest BCUT2D eigenvalue weighted by Gasteiger charge is 2.30. The Kier molecular flexibility index (Phi) is 3.38. The zero-order valence-electron chi connectivity index (χ0n) is 12.3. The van der Waals surface area contributed by atoms with Gasteiger partial charge in [-0.15, -0.1) is 0 Å². The molecule has 1 aromatic carbocycles. The van der Waals surface area contributed by atoms with Gasteiger partial charge < -0.3 is 10.1 Å². The number of methoxy groups -OCH3 is 1. The van der Waals surface area contributed by atoms with Crippen molar-refractivity contribution in [1.29, 1.82) is 0 Å². The van der Waals surface area contributed by atoms with E-state index in [9.17, 15) is 0 Å². The third-order valence-corrected chi connectivity index (χ3v) is 4.08. The number of anilines is 1. The van der Waals surface area contributed by atoms with Crippen molar-refractivity contribution >= 4 is 5.69 Å². The maximum Gasteiger partial charge on any atom is 0.119 e. The molecule has 0 bridgehead atoms. The summed E-state index contributed by atoms with van der Waals surface area (Å²) in [7, 11) is 3.67. The third-order valence-electron chi connectivity index (χ3n) is 4.08. The summed E-state index contributed by atoms with van der Waals surface area (Å²) in [6, 6.07) is 8.96. The van der Waals surface area contributed by atoms with E-state index in [1.165, 1.54) is 18.4 Å². The van der Waals surface area contributed by atoms with Gasteiger partial charge in [-0.2, -0.15) is 5.10 Å². The summed E-state index contributed by atoms with van der Waals surface area (Å²) >= 11 is 0. The van der Waals surface area contributed by atoms with Crippen molar-refractivity contribution in [3.63, 3.8) is 0 Å². The van der Waals surface area contributed by atoms with Gasteiger partial charge in [-0.05, 0) is 43.4 Å². The number of nitrogens with one attached hydrogen (secondary N) is 1. The maximum absolute atomic E-state index is 5.29. The number of ether oxygens (including phenoxy) is 1. The highest BCUT2D eigenvalue weighted by molar-refractivity contribution is 5.47. The first-order chi connectivity index (χ1) is 9.65. The number of benzene rings is 1. The molecule has 0 spiro atoms. The normalized spacial score (nSPS) is 21.4. The molecular weight excluding hydrogens is 250 g/mol. The van der Waals surface area contributed by atoms with Gasteiger partial charge in [0.15, 0.2) is 0 Å². The van der Waals surface area contributed by atoms with Crippen LogP contribution in [0, 0.1) is 6.92 Å². The first-order valence-electron chi connectivity index (χ1n) is 7.06. The van der Waals surface area contributed by atoms with Crippen LogP contribution in [0.25, 0.3) is 0 Å². The van der Waals surface area contributed by atoms with Gasteiger partial charge in [0.25, 0.3) is 0 Å². The second-order valence-electron chi connectivity index (χ2n) is 5.59. The summed E-state index contributed by atoms with van der Waals surface area (Å²) in [6.45, 7) is 2.04. The van der Waals surface area contributed by atoms with Gasteiger partial charge in [0.05, 0.1) is 18.5 Å². The molecule has 1 heterocycles. The van der Waals surface area contributed by atoms with Gasteiger partial charge in [0.1, 0.15) is 5.75 Å². The molecule has 1 fully saturated rings. The van der Waals surface area contributed by atoms with Crippen LogP contribution in [0.4, 0.5) is 5.69 Å². The second-order valence-corrected chi connectivity index (χ2v) is 5.59. The van der Waals surface area contributed by atoms with Crippen LogP contribution in [0.5, 0.6) is 5.75 Å². The summed E-state index contributed by atoms with van der Waals surface area (Å²) in [5.41, 5.74) is 3.60. The minimum Gasteiger partial charge on any atom is -0.497 e. The van der Waals surface area contributed by atoms with Crippen molar-refractivity contribution in [3.05, 3.63) is 41.7 Å². The van der Waals surface area contributed by atoms with E-state index >= 15 is 0 Å². The van der Waals surface area contributed by atoms with Crippen molar-refractivity contribution in [3.8, 4) is 5.75 Å². The molecule has 1 N–H and O–H groups in total. The minimum atomic E-state index is 0.550. The largest absolute Gasteiger partial charge is 0.497 e. The lowest BCUT2D eigenvalue weighted by Crippen LogP contribution is -2.34. The molecule has 3 rings (SSSR count). The molecule has 0 unspecified atom stereocenters. The summed E-state index contributed by atoms with van der Waals surface area (Å²) in [5, 5.41) is 7.94. The van der Waals surface area contributed by atoms with Crippen molar-refractivity contribution in [2.45, 2.75) is 31.7 Å². The van der Waals surface area contributed by atoms with Crippen molar-refractivity contribution < 1.29 is 4.74 Å². The van der Waals surface area contributed by atoms with E-state index in [2.05, 4.69) is 28.6 Å². The first kappa shape index (κ1) is 13.0. The summed E-state index contributed by atoms with van der Waals surface area (Å²) < 4.78 is 7.14. The zero-order chi connectivity index (χ0) is 14.1. The maximum atomic E-state index is 5.29. The number of nitrogens with zero attached hydrogens (tertiary/aromatic N) is 2. The van der Waals surface area contributed by atoms with Crippen LogP contribution in [0.15, 0.2) is 30.5 Å². The smallest absolute Gasteiger partial charge is 0.119 e. The Morgan fingerprint density at radius 2 is 2.15 bits per heavy atom. The average Bonchev–Trinajstić information content (AvgIpc) is 2.71. The molecule has 0 radical (unpaired) electrons. The van der Waals surface area contributed by atoms with Crippen LogP contribution in [0.2, 0.25) is 0 Å². The fourth-order valence-electron chi connectivity index (χ4n) is 2.86. The molecule has 0 aliphatic heterocycles. The molecule has 1 aromatic heterocycles. The van der Waals surface area contributed by atoms with Gasteiger partial charge in [-0.1, -0.05) is 12.1 Å². The predicted molar refractivity (Wildman–Crippen MR) is 80.3 cm³/mol. The number of rotatable bonds is 4. The molecule has 1 saturated carbocycles. The Balaban J connectivity index is 1.59. The minimum absolute atomic E-state index is 0.550. The third kappa shape index (κ3) is 2.50. The molecule has 1 aliphatic carbocycles. The number of aryl methyl sites for hydroxylation is 2. The quantitative estimate of drug-likeness (QED) is 0.928. The molecule has 1 aliphatic rings. The highest BCUT2D eigenvalue weighted by Crippen LogP contribution is 2.39. The highest BCUT2D eigenvalue weighted by atomic mass is 16.5. The fraction of sp³-hybridized carbons (Fsp3) is 0.438. The monoisotopic (exact) mass is 271 g/mol. The number of hydrogen-bond acceptors (Lipinski definition) is 3. The van der Waals surface area contributed by atoms with Crippen LogP contribution in [-0.2, 0) is 7.05 Å². The Morgan fingerprint density at radius 3 is 2.80 bits per heavy atom. The number of hydrogen-bond donors (Lipinski definition) is 1. The van der Waals surface area contributed by atoms with Crippen molar-refractivity contribution in [2.24, 2.45) is 7.05 Å². The number of aromatic nitrogens is 2. The standard InChI is InChI=1S/C16H21N3O/c1-11-16(10-19(2)18-11)17-14-7-13(8-14)12-5-4-6-15(9-12)20-3/h4-6,9-10,13-14,17H,7-8H2,1-3H3. The molecule has 2 aromatic rings. The molecule has 0 saturated heterocycles. The van der Waals surface area contributed by atoms with Crippen LogP contribution in [0.3, 0.4) is 0 Å². The zero-order valence-corrected chi connectivity index (χ0v) is 12.3. The summed E-state index contributed by atoms with van der Waals surface area (Å²) in [6.07, 6.45) is 4.39. The van der Waals surface area contributed by atoms with E-state index in [-0.39, 0.29) is 0 Å². The molecule has 0 amide bonds. The van der Waals surface area contributed by atoms with Gasteiger partial charge in [-0.25, -0.2) is 0 Å². The summed E-state index contributed by atoms with van der Waals surface area (Å²) in [4.78, 5) is 0. The first-order valence-corrected chi connectivity index (χ1v) is 7.06. The lowest BCUT2D eigenvalue weighted by molar-refractivity contribution is 0.370. The fourth-order valence-corrected chi connectivity index (χ4v) is 2.86. The second kappa shape index (κ2) is 5.19. The van der Waals surface area contributed by atoms with E-state index in [1.807, 2.05) is 30.9 Å². The van der Waals surface area contributed by atoms with Crippen LogP contribution in [-0.4, -0.2) is 22.9 Å². The van der Waals surface area contributed by atoms with E-state index in [0.29, 0.717) is 12.0 Å². The molecule has 4 heteroatoms. The van der Waals surface area contributed by atoms with E-state index < -0.39 is 0 Å². The van der Waals surface area contributed by atoms with Gasteiger partial charge in [-0.3, -0.25) is 4.68 Å². The van der Waals surface area contributed by atoms with Crippen LogP contribution >= 0.6 is 0 Å². The lowest BCUT2D eigenvalue weighted by Gasteiger charge is -2.36. The lowest BCUT2D eigenvalue weighted by atomic mass is 9.76. The molecule has 4 nitrogen and oxygen atoms in total. The summed E-state index contributed by atoms with van der Waals surface area (Å²) in [5.74, 6) is 1.58. The van der Waals surface area contributed by atoms with E-state index in [0.717, 1.165) is 17.1 Å². The SMILES string of the molecule is COc1cccc(C2CC(Nc3cn(C)nc3C)C2)c1. The average molecular weight is 271 g/mol. The van der Waals surface area contributed by atoms with Gasteiger partial charge >= 0.3 is 0 Å². The molecule has 0 atom stereocenters. The van der Waals surface area contributed by atoms with Gasteiger partial charge in [0, 0.05) is 19.3 Å². The van der Waals surface area contributed by atoms with Crippen molar-refractivity contribution in [2.75, 3.05) is 12.4 Å². The van der Waals surface area contributed by atoms with E-state index in [4.69, 9.17) is 4.74 Å². The predicted octanol–water partition coefficient (Wildman–Crippen LogP) is 3.10. The Labute approximate surface area is 119 Å². The molecule has 106 valence electrons. The van der Waals surface area contributed by atoms with Crippen LogP contribution < -0.4 is 10.1 Å². The molecule has 20 heavy (non-hydrogen) atoms. The Hall–Kier alpha value is -1.97. The van der Waals surface area contributed by atoms with E-state index in [1.54, 1.807) is 7.11 Å². The topological polar surface area (TPSA) is 39.1 Å². The molecular formula is C16H21N3O. The Bertz CT molecular complexity index is 600.